The van der Waals surface area contributed by atoms with Gasteiger partial charge in [0.15, 0.2) is 0 Å². The summed E-state index contributed by atoms with van der Waals surface area (Å²) < 4.78 is 14.3. The molecule has 0 saturated heterocycles. The molecule has 0 bridgehead atoms. The lowest BCUT2D eigenvalue weighted by molar-refractivity contribution is 0.622. The van der Waals surface area contributed by atoms with Gasteiger partial charge in [-0.3, -0.25) is 0 Å². The molecule has 16 heavy (non-hydrogen) atoms. The van der Waals surface area contributed by atoms with Crippen molar-refractivity contribution >= 4 is 27.3 Å². The molecule has 84 valence electrons. The topological polar surface area (TPSA) is 26.0 Å². The van der Waals surface area contributed by atoms with E-state index in [1.165, 1.54) is 12.1 Å². The molecule has 2 rings (SSSR count). The molecule has 1 atom stereocenters. The van der Waals surface area contributed by atoms with Crippen LogP contribution in [0.25, 0.3) is 0 Å². The van der Waals surface area contributed by atoms with Crippen molar-refractivity contribution in [1.29, 1.82) is 0 Å². The standard InChI is InChI=1S/C12H11BrFNS/c1-7-2-8(4-10(14)3-7)12(15)11-5-9(13)6-16-11/h2-6,12H,15H2,1H3. The number of hydrogen-bond acceptors (Lipinski definition) is 2. The largest absolute Gasteiger partial charge is 0.320 e. The van der Waals surface area contributed by atoms with Crippen LogP contribution in [0.4, 0.5) is 4.39 Å². The minimum absolute atomic E-state index is 0.235. The monoisotopic (exact) mass is 299 g/mol. The molecule has 0 aliphatic rings. The van der Waals surface area contributed by atoms with E-state index in [0.29, 0.717) is 0 Å². The van der Waals surface area contributed by atoms with E-state index in [0.717, 1.165) is 20.5 Å². The van der Waals surface area contributed by atoms with E-state index >= 15 is 0 Å². The first-order valence-corrected chi connectivity index (χ1v) is 6.50. The third-order valence-electron chi connectivity index (χ3n) is 2.32. The zero-order chi connectivity index (χ0) is 11.7. The number of nitrogens with two attached hydrogens (primary N) is 1. The predicted octanol–water partition coefficient (Wildman–Crippen LogP) is 4.01. The number of aryl methyl sites for hydroxylation is 1. The number of halogens is 2. The minimum Gasteiger partial charge on any atom is -0.320 e. The van der Waals surface area contributed by atoms with Crippen LogP contribution in [-0.2, 0) is 0 Å². The van der Waals surface area contributed by atoms with Gasteiger partial charge in [-0.15, -0.1) is 11.3 Å². The van der Waals surface area contributed by atoms with Crippen molar-refractivity contribution in [3.63, 3.8) is 0 Å². The Labute approximate surface area is 106 Å². The predicted molar refractivity (Wildman–Crippen MR) is 69.2 cm³/mol. The van der Waals surface area contributed by atoms with Gasteiger partial charge in [0.05, 0.1) is 6.04 Å². The van der Waals surface area contributed by atoms with E-state index < -0.39 is 0 Å². The average Bonchev–Trinajstić information content (AvgIpc) is 2.62. The molecular weight excluding hydrogens is 289 g/mol. The molecular formula is C12H11BrFNS. The van der Waals surface area contributed by atoms with Crippen molar-refractivity contribution in [2.45, 2.75) is 13.0 Å². The SMILES string of the molecule is Cc1cc(F)cc(C(N)c2cc(Br)cs2)c1. The Morgan fingerprint density at radius 1 is 1.31 bits per heavy atom. The highest BCUT2D eigenvalue weighted by molar-refractivity contribution is 9.10. The summed E-state index contributed by atoms with van der Waals surface area (Å²) in [5.74, 6) is -0.235. The van der Waals surface area contributed by atoms with Crippen LogP contribution in [0, 0.1) is 12.7 Å². The maximum atomic E-state index is 13.2. The Bertz CT molecular complexity index is 489. The van der Waals surface area contributed by atoms with Crippen molar-refractivity contribution in [2.75, 3.05) is 0 Å². The summed E-state index contributed by atoms with van der Waals surface area (Å²) in [5, 5.41) is 1.97. The maximum absolute atomic E-state index is 13.2. The molecule has 1 aromatic carbocycles. The van der Waals surface area contributed by atoms with E-state index in [2.05, 4.69) is 15.9 Å². The second-order valence-corrected chi connectivity index (χ2v) is 5.57. The average molecular weight is 300 g/mol. The lowest BCUT2D eigenvalue weighted by atomic mass is 10.0. The van der Waals surface area contributed by atoms with Crippen molar-refractivity contribution < 1.29 is 4.39 Å². The van der Waals surface area contributed by atoms with Gasteiger partial charge < -0.3 is 5.73 Å². The first kappa shape index (κ1) is 11.8. The van der Waals surface area contributed by atoms with E-state index in [-0.39, 0.29) is 11.9 Å². The van der Waals surface area contributed by atoms with Gasteiger partial charge in [0.2, 0.25) is 0 Å². The highest BCUT2D eigenvalue weighted by atomic mass is 79.9. The summed E-state index contributed by atoms with van der Waals surface area (Å²) in [5.41, 5.74) is 7.79. The van der Waals surface area contributed by atoms with E-state index in [1.807, 2.05) is 24.4 Å². The molecule has 1 unspecified atom stereocenters. The second-order valence-electron chi connectivity index (χ2n) is 3.71. The molecule has 1 aromatic heterocycles. The lowest BCUT2D eigenvalue weighted by Crippen LogP contribution is -2.10. The molecule has 0 aliphatic carbocycles. The normalized spacial score (nSPS) is 12.8. The number of benzene rings is 1. The van der Waals surface area contributed by atoms with Gasteiger partial charge in [0.1, 0.15) is 5.82 Å². The van der Waals surface area contributed by atoms with Gasteiger partial charge in [0.25, 0.3) is 0 Å². The lowest BCUT2D eigenvalue weighted by Gasteiger charge is -2.10. The van der Waals surface area contributed by atoms with E-state index in [1.54, 1.807) is 11.3 Å². The molecule has 4 heteroatoms. The summed E-state index contributed by atoms with van der Waals surface area (Å²) in [6.07, 6.45) is 0. The highest BCUT2D eigenvalue weighted by Gasteiger charge is 2.12. The Balaban J connectivity index is 2.37. The minimum atomic E-state index is -0.259. The van der Waals surface area contributed by atoms with Gasteiger partial charge >= 0.3 is 0 Å². The quantitative estimate of drug-likeness (QED) is 0.891. The third-order valence-corrected chi connectivity index (χ3v) is 4.09. The molecule has 0 aliphatic heterocycles. The van der Waals surface area contributed by atoms with Crippen LogP contribution in [0.2, 0.25) is 0 Å². The Morgan fingerprint density at radius 3 is 2.62 bits per heavy atom. The molecule has 0 radical (unpaired) electrons. The fourth-order valence-corrected chi connectivity index (χ4v) is 3.07. The van der Waals surface area contributed by atoms with Gasteiger partial charge in [0, 0.05) is 14.7 Å². The van der Waals surface area contributed by atoms with Crippen molar-refractivity contribution in [2.24, 2.45) is 5.73 Å². The molecule has 2 aromatic rings. The number of hydrogen-bond donors (Lipinski definition) is 1. The molecule has 2 N–H and O–H groups in total. The third kappa shape index (κ3) is 2.51. The number of thiophene rings is 1. The van der Waals surface area contributed by atoms with Crippen LogP contribution >= 0.6 is 27.3 Å². The summed E-state index contributed by atoms with van der Waals surface area (Å²) in [6, 6.07) is 6.62. The molecule has 0 fully saturated rings. The first-order chi connectivity index (χ1) is 7.56. The van der Waals surface area contributed by atoms with Crippen molar-refractivity contribution in [1.82, 2.24) is 0 Å². The summed E-state index contributed by atoms with van der Waals surface area (Å²) in [7, 11) is 0. The molecule has 1 heterocycles. The second kappa shape index (κ2) is 4.65. The molecule has 0 amide bonds. The van der Waals surface area contributed by atoms with Crippen LogP contribution in [0.5, 0.6) is 0 Å². The first-order valence-electron chi connectivity index (χ1n) is 4.83. The smallest absolute Gasteiger partial charge is 0.123 e. The van der Waals surface area contributed by atoms with Crippen LogP contribution in [0.3, 0.4) is 0 Å². The maximum Gasteiger partial charge on any atom is 0.123 e. The molecule has 0 saturated carbocycles. The molecule has 1 nitrogen and oxygen atoms in total. The highest BCUT2D eigenvalue weighted by Crippen LogP contribution is 2.29. The van der Waals surface area contributed by atoms with Gasteiger partial charge in [-0.25, -0.2) is 4.39 Å². The van der Waals surface area contributed by atoms with Crippen LogP contribution in [0.15, 0.2) is 34.1 Å². The number of rotatable bonds is 2. The fourth-order valence-electron chi connectivity index (χ4n) is 1.60. The Morgan fingerprint density at radius 2 is 2.06 bits per heavy atom. The Kier molecular flexibility index (Phi) is 3.42. The van der Waals surface area contributed by atoms with E-state index in [9.17, 15) is 4.39 Å². The van der Waals surface area contributed by atoms with Crippen LogP contribution in [-0.4, -0.2) is 0 Å². The van der Waals surface area contributed by atoms with Gasteiger partial charge in [-0.05, 0) is 52.2 Å². The van der Waals surface area contributed by atoms with Gasteiger partial charge in [-0.1, -0.05) is 6.07 Å². The van der Waals surface area contributed by atoms with Crippen molar-refractivity contribution in [3.8, 4) is 0 Å². The van der Waals surface area contributed by atoms with Crippen molar-refractivity contribution in [3.05, 3.63) is 55.9 Å². The summed E-state index contributed by atoms with van der Waals surface area (Å²) >= 11 is 4.95. The van der Waals surface area contributed by atoms with E-state index in [4.69, 9.17) is 5.73 Å². The summed E-state index contributed by atoms with van der Waals surface area (Å²) in [6.45, 7) is 1.86. The van der Waals surface area contributed by atoms with Gasteiger partial charge in [-0.2, -0.15) is 0 Å². The van der Waals surface area contributed by atoms with Crippen LogP contribution in [0.1, 0.15) is 22.0 Å². The van der Waals surface area contributed by atoms with Crippen LogP contribution < -0.4 is 5.73 Å². The summed E-state index contributed by atoms with van der Waals surface area (Å²) in [4.78, 5) is 1.02. The zero-order valence-corrected chi connectivity index (χ0v) is 11.1. The molecule has 0 spiro atoms. The fraction of sp³-hybridized carbons (Fsp3) is 0.167. The Hall–Kier alpha value is -0.710. The zero-order valence-electron chi connectivity index (χ0n) is 8.71.